The highest BCUT2D eigenvalue weighted by atomic mass is 14.6. The molecule has 0 amide bonds. The van der Waals surface area contributed by atoms with Crippen molar-refractivity contribution in [3.05, 3.63) is 0 Å². The van der Waals surface area contributed by atoms with E-state index in [2.05, 4.69) is 6.92 Å². The van der Waals surface area contributed by atoms with E-state index in [4.69, 9.17) is 11.5 Å². The Morgan fingerprint density at radius 3 is 1.71 bits per heavy atom. The second-order valence-corrected chi connectivity index (χ2v) is 5.31. The second kappa shape index (κ2) is 14.0. The van der Waals surface area contributed by atoms with Crippen molar-refractivity contribution in [3.63, 3.8) is 0 Å². The Morgan fingerprint density at radius 2 is 1.18 bits per heavy atom. The zero-order valence-corrected chi connectivity index (χ0v) is 11.9. The van der Waals surface area contributed by atoms with Crippen LogP contribution >= 0.6 is 0 Å². The number of hydrogen-bond acceptors (Lipinski definition) is 2. The highest BCUT2D eigenvalue weighted by molar-refractivity contribution is 4.61. The van der Waals surface area contributed by atoms with E-state index in [0.717, 1.165) is 6.54 Å². The molecule has 1 unspecified atom stereocenters. The first-order valence-corrected chi connectivity index (χ1v) is 7.77. The molecule has 0 aromatic rings. The molecule has 0 radical (unpaired) electrons. The summed E-state index contributed by atoms with van der Waals surface area (Å²) in [5.74, 6) is 0. The van der Waals surface area contributed by atoms with Gasteiger partial charge in [-0.1, -0.05) is 64.7 Å². The van der Waals surface area contributed by atoms with Gasteiger partial charge in [-0.3, -0.25) is 0 Å². The number of rotatable bonds is 13. The van der Waals surface area contributed by atoms with Crippen molar-refractivity contribution in [2.45, 2.75) is 90.0 Å². The third-order valence-corrected chi connectivity index (χ3v) is 3.46. The molecule has 0 aliphatic carbocycles. The van der Waals surface area contributed by atoms with Crippen LogP contribution in [0.3, 0.4) is 0 Å². The van der Waals surface area contributed by atoms with Crippen LogP contribution in [0.2, 0.25) is 0 Å². The van der Waals surface area contributed by atoms with Gasteiger partial charge in [0.2, 0.25) is 0 Å². The molecule has 0 saturated heterocycles. The van der Waals surface area contributed by atoms with Crippen LogP contribution in [-0.4, -0.2) is 12.6 Å². The van der Waals surface area contributed by atoms with Gasteiger partial charge in [0, 0.05) is 6.04 Å². The summed E-state index contributed by atoms with van der Waals surface area (Å²) >= 11 is 0. The smallest absolute Gasteiger partial charge is 0.00388 e. The van der Waals surface area contributed by atoms with Gasteiger partial charge in [0.05, 0.1) is 0 Å². The van der Waals surface area contributed by atoms with Crippen LogP contribution in [0.1, 0.15) is 84.0 Å². The van der Waals surface area contributed by atoms with Gasteiger partial charge in [0.15, 0.2) is 0 Å². The molecule has 17 heavy (non-hydrogen) atoms. The van der Waals surface area contributed by atoms with E-state index in [-0.39, 0.29) is 0 Å². The zero-order chi connectivity index (χ0) is 12.8. The van der Waals surface area contributed by atoms with Gasteiger partial charge in [-0.15, -0.1) is 0 Å². The van der Waals surface area contributed by atoms with Crippen LogP contribution < -0.4 is 11.5 Å². The quantitative estimate of drug-likeness (QED) is 0.480. The molecule has 0 spiro atoms. The summed E-state index contributed by atoms with van der Waals surface area (Å²) in [5.41, 5.74) is 11.5. The van der Waals surface area contributed by atoms with E-state index in [1.54, 1.807) is 0 Å². The monoisotopic (exact) mass is 242 g/mol. The molecule has 0 rings (SSSR count). The normalized spacial score (nSPS) is 12.9. The largest absolute Gasteiger partial charge is 0.330 e. The molecule has 104 valence electrons. The maximum absolute atomic E-state index is 6.08. The second-order valence-electron chi connectivity index (χ2n) is 5.31. The molecule has 1 atom stereocenters. The Morgan fingerprint density at radius 1 is 0.706 bits per heavy atom. The maximum Gasteiger partial charge on any atom is 0.00388 e. The predicted octanol–water partition coefficient (Wildman–Crippen LogP) is 3.97. The Kier molecular flexibility index (Phi) is 13.9. The van der Waals surface area contributed by atoms with E-state index in [9.17, 15) is 0 Å². The molecule has 2 nitrogen and oxygen atoms in total. The Hall–Kier alpha value is -0.0800. The van der Waals surface area contributed by atoms with Gasteiger partial charge in [-0.05, 0) is 25.8 Å². The molecule has 0 fully saturated rings. The minimum absolute atomic E-state index is 0.457. The van der Waals surface area contributed by atoms with Crippen molar-refractivity contribution in [2.24, 2.45) is 11.5 Å². The molecule has 2 heteroatoms. The lowest BCUT2D eigenvalue weighted by Crippen LogP contribution is -2.19. The molecule has 4 N–H and O–H groups in total. The van der Waals surface area contributed by atoms with Crippen LogP contribution in [0.25, 0.3) is 0 Å². The first kappa shape index (κ1) is 16.9. The maximum atomic E-state index is 6.08. The molecule has 0 aliphatic heterocycles. The Labute approximate surface area is 109 Å². The highest BCUT2D eigenvalue weighted by Crippen LogP contribution is 2.11. The fourth-order valence-corrected chi connectivity index (χ4v) is 2.24. The Balaban J connectivity index is 3.05. The summed E-state index contributed by atoms with van der Waals surface area (Å²) < 4.78 is 0. The molecule has 0 saturated carbocycles. The molecular weight excluding hydrogens is 208 g/mol. The van der Waals surface area contributed by atoms with E-state index in [0.29, 0.717) is 6.04 Å². The van der Waals surface area contributed by atoms with Crippen molar-refractivity contribution in [1.82, 2.24) is 0 Å². The lowest BCUT2D eigenvalue weighted by molar-refractivity contribution is 0.490. The first-order valence-electron chi connectivity index (χ1n) is 7.77. The standard InChI is InChI=1S/C15H34N2/c1-2-3-9-12-15(17)13-10-7-5-4-6-8-11-14-16/h15H,2-14,16-17H2,1H3. The predicted molar refractivity (Wildman–Crippen MR) is 78.1 cm³/mol. The number of nitrogens with two attached hydrogens (primary N) is 2. The summed E-state index contributed by atoms with van der Waals surface area (Å²) in [6, 6.07) is 0.457. The van der Waals surface area contributed by atoms with Crippen molar-refractivity contribution >= 4 is 0 Å². The molecule has 0 bridgehead atoms. The molecule has 0 aliphatic rings. The summed E-state index contributed by atoms with van der Waals surface area (Å²) in [6.07, 6.45) is 15.7. The zero-order valence-electron chi connectivity index (χ0n) is 11.9. The minimum atomic E-state index is 0.457. The van der Waals surface area contributed by atoms with Gasteiger partial charge in [-0.25, -0.2) is 0 Å². The molecular formula is C15H34N2. The summed E-state index contributed by atoms with van der Waals surface area (Å²) in [7, 11) is 0. The summed E-state index contributed by atoms with van der Waals surface area (Å²) in [4.78, 5) is 0. The van der Waals surface area contributed by atoms with Crippen molar-refractivity contribution in [2.75, 3.05) is 6.54 Å². The van der Waals surface area contributed by atoms with Gasteiger partial charge in [-0.2, -0.15) is 0 Å². The first-order chi connectivity index (χ1) is 8.31. The van der Waals surface area contributed by atoms with Gasteiger partial charge < -0.3 is 11.5 Å². The fraction of sp³-hybridized carbons (Fsp3) is 1.00. The van der Waals surface area contributed by atoms with Crippen LogP contribution in [0, 0.1) is 0 Å². The van der Waals surface area contributed by atoms with Crippen molar-refractivity contribution in [3.8, 4) is 0 Å². The highest BCUT2D eigenvalue weighted by Gasteiger charge is 2.01. The van der Waals surface area contributed by atoms with Crippen LogP contribution in [0.15, 0.2) is 0 Å². The van der Waals surface area contributed by atoms with Crippen molar-refractivity contribution in [1.29, 1.82) is 0 Å². The lowest BCUT2D eigenvalue weighted by Gasteiger charge is -2.10. The van der Waals surface area contributed by atoms with E-state index in [1.165, 1.54) is 77.0 Å². The average Bonchev–Trinajstić information content (AvgIpc) is 2.33. The van der Waals surface area contributed by atoms with E-state index < -0.39 is 0 Å². The van der Waals surface area contributed by atoms with Crippen molar-refractivity contribution < 1.29 is 0 Å². The summed E-state index contributed by atoms with van der Waals surface area (Å²) in [5, 5.41) is 0. The number of unbranched alkanes of at least 4 members (excludes halogenated alkanes) is 8. The SMILES string of the molecule is CCCCCC(N)CCCCCCCCCN. The van der Waals surface area contributed by atoms with Crippen LogP contribution in [0.5, 0.6) is 0 Å². The third kappa shape index (κ3) is 13.9. The van der Waals surface area contributed by atoms with Gasteiger partial charge in [0.25, 0.3) is 0 Å². The number of hydrogen-bond donors (Lipinski definition) is 2. The fourth-order valence-electron chi connectivity index (χ4n) is 2.24. The third-order valence-electron chi connectivity index (χ3n) is 3.46. The minimum Gasteiger partial charge on any atom is -0.330 e. The van der Waals surface area contributed by atoms with Gasteiger partial charge >= 0.3 is 0 Å². The average molecular weight is 242 g/mol. The lowest BCUT2D eigenvalue weighted by atomic mass is 10.0. The molecule has 0 aromatic heterocycles. The summed E-state index contributed by atoms with van der Waals surface area (Å²) in [6.45, 7) is 3.10. The van der Waals surface area contributed by atoms with Gasteiger partial charge in [0.1, 0.15) is 0 Å². The Bertz CT molecular complexity index is 137. The van der Waals surface area contributed by atoms with E-state index in [1.807, 2.05) is 0 Å². The molecule has 0 aromatic carbocycles. The van der Waals surface area contributed by atoms with Crippen LogP contribution in [0.4, 0.5) is 0 Å². The van der Waals surface area contributed by atoms with E-state index >= 15 is 0 Å². The topological polar surface area (TPSA) is 52.0 Å². The molecule has 0 heterocycles. The van der Waals surface area contributed by atoms with Crippen LogP contribution in [-0.2, 0) is 0 Å².